The van der Waals surface area contributed by atoms with Crippen molar-refractivity contribution in [2.45, 2.75) is 59.3 Å². The summed E-state index contributed by atoms with van der Waals surface area (Å²) in [4.78, 5) is 17.7. The Balaban J connectivity index is 1.46. The van der Waals surface area contributed by atoms with E-state index in [1.165, 1.54) is 24.8 Å². The normalized spacial score (nSPS) is 19.9. The molecule has 0 atom stereocenters. The van der Waals surface area contributed by atoms with Crippen molar-refractivity contribution in [2.75, 3.05) is 39.3 Å². The van der Waals surface area contributed by atoms with Crippen LogP contribution in [0.25, 0.3) is 0 Å². The van der Waals surface area contributed by atoms with Gasteiger partial charge in [-0.05, 0) is 68.1 Å². The van der Waals surface area contributed by atoms with Crippen LogP contribution < -0.4 is 4.74 Å². The molecular formula is C28H42N4O2. The Morgan fingerprint density at radius 1 is 1.12 bits per heavy atom. The number of carbonyl (C=O) groups excluding carboxylic acids is 1. The molecule has 1 aromatic carbocycles. The molecule has 3 heterocycles. The molecular weight excluding hydrogens is 424 g/mol. The van der Waals surface area contributed by atoms with E-state index in [0.717, 1.165) is 70.0 Å². The summed E-state index contributed by atoms with van der Waals surface area (Å²) < 4.78 is 8.04. The summed E-state index contributed by atoms with van der Waals surface area (Å²) in [6, 6.07) is 10.4. The van der Waals surface area contributed by atoms with Crippen LogP contribution in [-0.2, 0) is 13.5 Å². The predicted octanol–water partition coefficient (Wildman–Crippen LogP) is 4.71. The van der Waals surface area contributed by atoms with Crippen molar-refractivity contribution in [1.29, 1.82) is 0 Å². The van der Waals surface area contributed by atoms with Gasteiger partial charge < -0.3 is 9.64 Å². The lowest BCUT2D eigenvalue weighted by molar-refractivity contribution is 0.0351. The maximum atomic E-state index is 13.1. The molecule has 1 aromatic heterocycles. The van der Waals surface area contributed by atoms with Gasteiger partial charge >= 0.3 is 0 Å². The Kier molecular flexibility index (Phi) is 7.97. The van der Waals surface area contributed by atoms with Gasteiger partial charge in [0, 0.05) is 45.5 Å². The molecule has 1 fully saturated rings. The third-order valence-electron chi connectivity index (χ3n) is 7.67. The van der Waals surface area contributed by atoms with Gasteiger partial charge in [-0.3, -0.25) is 14.4 Å². The van der Waals surface area contributed by atoms with Gasteiger partial charge in [0.25, 0.3) is 5.91 Å². The highest BCUT2D eigenvalue weighted by atomic mass is 16.5. The van der Waals surface area contributed by atoms with Crippen LogP contribution in [0.5, 0.6) is 5.75 Å². The number of para-hydroxylation sites is 1. The second kappa shape index (κ2) is 10.9. The minimum Gasteiger partial charge on any atom is -0.492 e. The van der Waals surface area contributed by atoms with Gasteiger partial charge in [-0.1, -0.05) is 38.5 Å². The van der Waals surface area contributed by atoms with Crippen LogP contribution in [0.1, 0.15) is 67.7 Å². The van der Waals surface area contributed by atoms with Crippen molar-refractivity contribution in [2.24, 2.45) is 18.4 Å². The number of likely N-dealkylation sites (tertiary alicyclic amines) is 1. The Morgan fingerprint density at radius 2 is 1.88 bits per heavy atom. The molecule has 2 aliphatic rings. The number of benzene rings is 1. The van der Waals surface area contributed by atoms with E-state index in [-0.39, 0.29) is 11.3 Å². The van der Waals surface area contributed by atoms with Gasteiger partial charge in [0.05, 0.1) is 0 Å². The third-order valence-corrected chi connectivity index (χ3v) is 7.67. The molecule has 0 saturated carbocycles. The van der Waals surface area contributed by atoms with E-state index >= 15 is 0 Å². The smallest absolute Gasteiger partial charge is 0.274 e. The molecule has 0 bridgehead atoms. The second-order valence-corrected chi connectivity index (χ2v) is 10.9. The summed E-state index contributed by atoms with van der Waals surface area (Å²) in [7, 11) is 1.90. The predicted molar refractivity (Wildman–Crippen MR) is 136 cm³/mol. The first-order valence-corrected chi connectivity index (χ1v) is 13.1. The average molecular weight is 467 g/mol. The van der Waals surface area contributed by atoms with E-state index in [1.807, 2.05) is 24.9 Å². The summed E-state index contributed by atoms with van der Waals surface area (Å²) in [5.74, 6) is 1.75. The van der Waals surface area contributed by atoms with E-state index in [0.29, 0.717) is 11.6 Å². The summed E-state index contributed by atoms with van der Waals surface area (Å²) in [5.41, 5.74) is 3.19. The average Bonchev–Trinajstić information content (AvgIpc) is 3.14. The molecule has 0 radical (unpaired) electrons. The number of aryl methyl sites for hydroxylation is 3. The number of fused-ring (bicyclic) bond motifs is 1. The SMILES string of the molecule is Cc1cc(C(=O)N2CCC3(CCCCc4ccccc4OCCN(CC(C)C)C3)CC2)nn1C. The van der Waals surface area contributed by atoms with Crippen LogP contribution in [0.2, 0.25) is 0 Å². The number of carbonyl (C=O) groups is 1. The molecule has 2 aromatic rings. The number of hydrogen-bond acceptors (Lipinski definition) is 4. The van der Waals surface area contributed by atoms with E-state index < -0.39 is 0 Å². The Bertz CT molecular complexity index is 940. The third kappa shape index (κ3) is 6.01. The highest BCUT2D eigenvalue weighted by Crippen LogP contribution is 2.39. The number of aromatic nitrogens is 2. The summed E-state index contributed by atoms with van der Waals surface area (Å²) >= 11 is 0. The van der Waals surface area contributed by atoms with Gasteiger partial charge in [-0.2, -0.15) is 5.10 Å². The zero-order valence-electron chi connectivity index (χ0n) is 21.6. The molecule has 0 unspecified atom stereocenters. The highest BCUT2D eigenvalue weighted by Gasteiger charge is 2.37. The number of nitrogens with zero attached hydrogens (tertiary/aromatic N) is 4. The fourth-order valence-corrected chi connectivity index (χ4v) is 5.68. The summed E-state index contributed by atoms with van der Waals surface area (Å²) in [6.45, 7) is 12.1. The first-order valence-electron chi connectivity index (χ1n) is 13.1. The second-order valence-electron chi connectivity index (χ2n) is 10.9. The van der Waals surface area contributed by atoms with E-state index in [4.69, 9.17) is 4.74 Å². The standard InChI is InChI=1S/C28H42N4O2/c1-22(2)20-31-17-18-34-26-11-6-5-9-24(26)10-7-8-12-28(21-31)13-15-32(16-14-28)27(33)25-19-23(3)30(4)29-25/h5-6,9,11,19,22H,7-8,10,12-18,20-21H2,1-4H3. The number of ether oxygens (including phenoxy) is 1. The van der Waals surface area contributed by atoms with E-state index in [9.17, 15) is 4.79 Å². The first kappa shape index (κ1) is 24.8. The van der Waals surface area contributed by atoms with Crippen molar-refractivity contribution in [3.05, 3.63) is 47.3 Å². The van der Waals surface area contributed by atoms with Crippen LogP contribution in [0, 0.1) is 18.3 Å². The molecule has 34 heavy (non-hydrogen) atoms. The van der Waals surface area contributed by atoms with Crippen molar-refractivity contribution >= 4 is 5.91 Å². The molecule has 186 valence electrons. The summed E-state index contributed by atoms with van der Waals surface area (Å²) in [6.07, 6.45) is 6.84. The number of rotatable bonds is 3. The molecule has 6 nitrogen and oxygen atoms in total. The van der Waals surface area contributed by atoms with Gasteiger partial charge in [0.2, 0.25) is 0 Å². The minimum absolute atomic E-state index is 0.0794. The molecule has 2 aliphatic heterocycles. The number of hydrogen-bond donors (Lipinski definition) is 0. The van der Waals surface area contributed by atoms with Gasteiger partial charge in [-0.15, -0.1) is 0 Å². The minimum atomic E-state index is 0.0794. The zero-order valence-corrected chi connectivity index (χ0v) is 21.6. The Hall–Kier alpha value is -2.34. The van der Waals surface area contributed by atoms with E-state index in [1.54, 1.807) is 4.68 Å². The highest BCUT2D eigenvalue weighted by molar-refractivity contribution is 5.92. The van der Waals surface area contributed by atoms with Crippen molar-refractivity contribution in [1.82, 2.24) is 19.6 Å². The molecule has 1 spiro atoms. The van der Waals surface area contributed by atoms with Crippen LogP contribution in [-0.4, -0.2) is 64.8 Å². The van der Waals surface area contributed by atoms with Crippen LogP contribution in [0.4, 0.5) is 0 Å². The quantitative estimate of drug-likeness (QED) is 0.657. The molecule has 0 aliphatic carbocycles. The van der Waals surface area contributed by atoms with Crippen LogP contribution in [0.3, 0.4) is 0 Å². The number of piperidine rings is 1. The Labute approximate surface area is 205 Å². The van der Waals surface area contributed by atoms with Gasteiger partial charge in [0.15, 0.2) is 5.69 Å². The van der Waals surface area contributed by atoms with Crippen molar-refractivity contribution < 1.29 is 9.53 Å². The van der Waals surface area contributed by atoms with Crippen LogP contribution in [0.15, 0.2) is 30.3 Å². The molecule has 1 amide bonds. The molecule has 0 N–H and O–H groups in total. The fraction of sp³-hybridized carbons (Fsp3) is 0.643. The van der Waals surface area contributed by atoms with Gasteiger partial charge in [-0.25, -0.2) is 0 Å². The Morgan fingerprint density at radius 3 is 2.59 bits per heavy atom. The lowest BCUT2D eigenvalue weighted by atomic mass is 9.73. The van der Waals surface area contributed by atoms with E-state index in [2.05, 4.69) is 48.1 Å². The molecule has 4 rings (SSSR count). The largest absolute Gasteiger partial charge is 0.492 e. The maximum Gasteiger partial charge on any atom is 0.274 e. The summed E-state index contributed by atoms with van der Waals surface area (Å²) in [5, 5.41) is 4.43. The monoisotopic (exact) mass is 466 g/mol. The lowest BCUT2D eigenvalue weighted by Crippen LogP contribution is -2.49. The van der Waals surface area contributed by atoms with Gasteiger partial charge in [0.1, 0.15) is 12.4 Å². The molecule has 1 saturated heterocycles. The topological polar surface area (TPSA) is 50.6 Å². The molecule has 6 heteroatoms. The van der Waals surface area contributed by atoms with Crippen molar-refractivity contribution in [3.8, 4) is 5.75 Å². The van der Waals surface area contributed by atoms with Crippen molar-refractivity contribution in [3.63, 3.8) is 0 Å². The zero-order chi connectivity index (χ0) is 24.1. The van der Waals surface area contributed by atoms with Crippen LogP contribution >= 0.6 is 0 Å². The first-order chi connectivity index (χ1) is 16.3. The lowest BCUT2D eigenvalue weighted by Gasteiger charge is -2.45. The fourth-order valence-electron chi connectivity index (χ4n) is 5.68. The number of amides is 1. The maximum absolute atomic E-state index is 13.1.